The highest BCUT2D eigenvalue weighted by Gasteiger charge is 2.29. The molecule has 6 heteroatoms. The highest BCUT2D eigenvalue weighted by atomic mass is 19.4. The molecule has 0 amide bonds. The van der Waals surface area contributed by atoms with E-state index in [-0.39, 0.29) is 5.56 Å². The third kappa shape index (κ3) is 5.49. The van der Waals surface area contributed by atoms with Gasteiger partial charge in [0.2, 0.25) is 5.82 Å². The van der Waals surface area contributed by atoms with Gasteiger partial charge < -0.3 is 4.74 Å². The van der Waals surface area contributed by atoms with E-state index in [9.17, 15) is 22.0 Å². The largest absolute Gasteiger partial charge is 0.481 e. The summed E-state index contributed by atoms with van der Waals surface area (Å²) in [6.07, 6.45) is 2.59. The molecule has 0 saturated heterocycles. The molecule has 1 saturated carbocycles. The van der Waals surface area contributed by atoms with Gasteiger partial charge >= 0.3 is 6.18 Å². The molecular formula is C23H25F5O. The Bertz CT molecular complexity index is 805. The van der Waals surface area contributed by atoms with E-state index in [1.54, 1.807) is 12.1 Å². The summed E-state index contributed by atoms with van der Waals surface area (Å²) in [5.41, 5.74) is 1.67. The summed E-state index contributed by atoms with van der Waals surface area (Å²) in [5, 5.41) is 0. The fourth-order valence-electron chi connectivity index (χ4n) is 4.15. The van der Waals surface area contributed by atoms with E-state index in [2.05, 4.69) is 11.7 Å². The van der Waals surface area contributed by atoms with Gasteiger partial charge in [0.15, 0.2) is 18.2 Å². The molecule has 1 nitrogen and oxygen atoms in total. The molecule has 0 atom stereocenters. The molecule has 0 spiro atoms. The van der Waals surface area contributed by atoms with Crippen LogP contribution < -0.4 is 4.74 Å². The number of hydrogen-bond donors (Lipinski definition) is 0. The summed E-state index contributed by atoms with van der Waals surface area (Å²) in [5.74, 6) is -2.07. The van der Waals surface area contributed by atoms with Crippen LogP contribution >= 0.6 is 0 Å². The van der Waals surface area contributed by atoms with Crippen LogP contribution in [0.15, 0.2) is 36.4 Å². The van der Waals surface area contributed by atoms with Gasteiger partial charge in [-0.3, -0.25) is 0 Å². The number of alkyl halides is 3. The summed E-state index contributed by atoms with van der Waals surface area (Å²) < 4.78 is 69.6. The van der Waals surface area contributed by atoms with Gasteiger partial charge in [0.05, 0.1) is 0 Å². The summed E-state index contributed by atoms with van der Waals surface area (Å²) >= 11 is 0. The second-order valence-electron chi connectivity index (χ2n) is 7.77. The standard InChI is InChI=1S/C23H25F5O/c1-2-3-15-4-6-16(7-5-15)17-8-10-18(11-9-17)19-12-13-20(22(25)21(19)24)29-14-23(26,27)28/h8-13,15-16H,2-7,14H2,1H3. The van der Waals surface area contributed by atoms with Crippen LogP contribution in [0.5, 0.6) is 5.75 Å². The van der Waals surface area contributed by atoms with Crippen LogP contribution in [0.25, 0.3) is 11.1 Å². The molecule has 1 fully saturated rings. The molecule has 1 aliphatic carbocycles. The second-order valence-corrected chi connectivity index (χ2v) is 7.77. The van der Waals surface area contributed by atoms with Crippen molar-refractivity contribution in [2.75, 3.05) is 6.61 Å². The first kappa shape index (κ1) is 21.6. The molecular weight excluding hydrogens is 387 g/mol. The molecule has 0 heterocycles. The Morgan fingerprint density at radius 3 is 2.14 bits per heavy atom. The lowest BCUT2D eigenvalue weighted by Gasteiger charge is -2.28. The molecule has 158 valence electrons. The lowest BCUT2D eigenvalue weighted by Crippen LogP contribution is -2.19. The number of halogens is 5. The van der Waals surface area contributed by atoms with E-state index >= 15 is 0 Å². The van der Waals surface area contributed by atoms with Crippen LogP contribution in [-0.2, 0) is 0 Å². The normalized spacial score (nSPS) is 19.9. The van der Waals surface area contributed by atoms with Crippen molar-refractivity contribution in [1.29, 1.82) is 0 Å². The van der Waals surface area contributed by atoms with Crippen molar-refractivity contribution in [3.8, 4) is 16.9 Å². The quantitative estimate of drug-likeness (QED) is 0.443. The number of rotatable bonds is 6. The Balaban J connectivity index is 1.71. The van der Waals surface area contributed by atoms with Gasteiger partial charge in [-0.15, -0.1) is 0 Å². The van der Waals surface area contributed by atoms with E-state index in [1.807, 2.05) is 12.1 Å². The zero-order chi connectivity index (χ0) is 21.0. The Hall–Kier alpha value is -2.11. The molecule has 0 aromatic heterocycles. The summed E-state index contributed by atoms with van der Waals surface area (Å²) in [6.45, 7) is 0.541. The van der Waals surface area contributed by atoms with E-state index in [1.165, 1.54) is 37.3 Å². The van der Waals surface area contributed by atoms with Crippen LogP contribution in [0.2, 0.25) is 0 Å². The highest BCUT2D eigenvalue weighted by molar-refractivity contribution is 5.65. The lowest BCUT2D eigenvalue weighted by molar-refractivity contribution is -0.153. The maximum atomic E-state index is 14.4. The van der Waals surface area contributed by atoms with Crippen molar-refractivity contribution in [3.05, 3.63) is 53.6 Å². The smallest absolute Gasteiger partial charge is 0.422 e. The Kier molecular flexibility index (Phi) is 6.81. The highest BCUT2D eigenvalue weighted by Crippen LogP contribution is 2.38. The van der Waals surface area contributed by atoms with E-state index in [4.69, 9.17) is 0 Å². The van der Waals surface area contributed by atoms with Gasteiger partial charge in [-0.25, -0.2) is 4.39 Å². The number of hydrogen-bond acceptors (Lipinski definition) is 1. The Morgan fingerprint density at radius 1 is 0.897 bits per heavy atom. The summed E-state index contributed by atoms with van der Waals surface area (Å²) in [4.78, 5) is 0. The first-order valence-corrected chi connectivity index (χ1v) is 10.1. The lowest BCUT2D eigenvalue weighted by atomic mass is 9.77. The molecule has 3 rings (SSSR count). The molecule has 0 unspecified atom stereocenters. The van der Waals surface area contributed by atoms with E-state index in [0.29, 0.717) is 11.5 Å². The van der Waals surface area contributed by atoms with Crippen molar-refractivity contribution < 1.29 is 26.7 Å². The molecule has 1 aliphatic rings. The van der Waals surface area contributed by atoms with Crippen molar-refractivity contribution >= 4 is 0 Å². The van der Waals surface area contributed by atoms with Gasteiger partial charge in [0.1, 0.15) is 0 Å². The monoisotopic (exact) mass is 412 g/mol. The topological polar surface area (TPSA) is 9.23 Å². The van der Waals surface area contributed by atoms with Crippen molar-refractivity contribution in [3.63, 3.8) is 0 Å². The second kappa shape index (κ2) is 9.14. The minimum atomic E-state index is -4.62. The zero-order valence-corrected chi connectivity index (χ0v) is 16.4. The molecule has 0 radical (unpaired) electrons. The maximum absolute atomic E-state index is 14.4. The predicted octanol–water partition coefficient (Wildman–Crippen LogP) is 7.65. The van der Waals surface area contributed by atoms with E-state index in [0.717, 1.165) is 24.8 Å². The molecule has 2 aromatic rings. The minimum Gasteiger partial charge on any atom is -0.481 e. The van der Waals surface area contributed by atoms with Crippen LogP contribution in [0.4, 0.5) is 22.0 Å². The first-order valence-electron chi connectivity index (χ1n) is 10.1. The fourth-order valence-corrected chi connectivity index (χ4v) is 4.15. The zero-order valence-electron chi connectivity index (χ0n) is 16.4. The third-order valence-corrected chi connectivity index (χ3v) is 5.67. The number of ether oxygens (including phenoxy) is 1. The first-order chi connectivity index (χ1) is 13.8. The van der Waals surface area contributed by atoms with Gasteiger partial charge in [0, 0.05) is 5.56 Å². The average molecular weight is 412 g/mol. The average Bonchev–Trinajstić information content (AvgIpc) is 2.70. The summed E-state index contributed by atoms with van der Waals surface area (Å²) in [6, 6.07) is 9.62. The maximum Gasteiger partial charge on any atom is 0.422 e. The fraction of sp³-hybridized carbons (Fsp3) is 0.478. The predicted molar refractivity (Wildman–Crippen MR) is 103 cm³/mol. The van der Waals surface area contributed by atoms with Crippen molar-refractivity contribution in [2.45, 2.75) is 57.5 Å². The van der Waals surface area contributed by atoms with Crippen LogP contribution in [0.1, 0.15) is 56.9 Å². The van der Waals surface area contributed by atoms with Crippen LogP contribution in [-0.4, -0.2) is 12.8 Å². The Labute approximate surface area is 167 Å². The molecule has 0 N–H and O–H groups in total. The molecule has 0 bridgehead atoms. The third-order valence-electron chi connectivity index (χ3n) is 5.67. The van der Waals surface area contributed by atoms with Crippen molar-refractivity contribution in [1.82, 2.24) is 0 Å². The minimum absolute atomic E-state index is 0.0000580. The van der Waals surface area contributed by atoms with Crippen LogP contribution in [0, 0.1) is 17.6 Å². The van der Waals surface area contributed by atoms with E-state index < -0.39 is 30.2 Å². The molecule has 0 aliphatic heterocycles. The van der Waals surface area contributed by atoms with Gasteiger partial charge in [-0.05, 0) is 60.8 Å². The summed E-state index contributed by atoms with van der Waals surface area (Å²) in [7, 11) is 0. The van der Waals surface area contributed by atoms with Crippen molar-refractivity contribution in [2.24, 2.45) is 5.92 Å². The van der Waals surface area contributed by atoms with Crippen LogP contribution in [0.3, 0.4) is 0 Å². The van der Waals surface area contributed by atoms with Gasteiger partial charge in [-0.1, -0.05) is 44.0 Å². The molecule has 29 heavy (non-hydrogen) atoms. The number of benzene rings is 2. The van der Waals surface area contributed by atoms with Gasteiger partial charge in [-0.2, -0.15) is 17.6 Å². The molecule has 2 aromatic carbocycles. The SMILES string of the molecule is CCCC1CCC(c2ccc(-c3ccc(OCC(F)(F)F)c(F)c3F)cc2)CC1. The van der Waals surface area contributed by atoms with Gasteiger partial charge in [0.25, 0.3) is 0 Å². The Morgan fingerprint density at radius 2 is 1.55 bits per heavy atom.